The maximum absolute atomic E-state index is 12.1. The van der Waals surface area contributed by atoms with Gasteiger partial charge in [0.25, 0.3) is 0 Å². The van der Waals surface area contributed by atoms with Crippen LogP contribution in [0.5, 0.6) is 11.5 Å². The highest BCUT2D eigenvalue weighted by Gasteiger charge is 2.41. The molecule has 3 atom stereocenters. The summed E-state index contributed by atoms with van der Waals surface area (Å²) in [6.07, 6.45) is 1.58. The molecule has 1 fully saturated rings. The summed E-state index contributed by atoms with van der Waals surface area (Å²) in [4.78, 5) is 15.8. The third-order valence-electron chi connectivity index (χ3n) is 7.55. The van der Waals surface area contributed by atoms with Crippen LogP contribution in [-0.4, -0.2) is 102 Å². The minimum Gasteiger partial charge on any atom is -0.494 e. The summed E-state index contributed by atoms with van der Waals surface area (Å²) in [5.41, 5.74) is 3.04. The number of benzene rings is 2. The highest BCUT2D eigenvalue weighted by atomic mass is 16.5. The molecule has 0 unspecified atom stereocenters. The van der Waals surface area contributed by atoms with Crippen LogP contribution in [0.25, 0.3) is 0 Å². The second-order valence-corrected chi connectivity index (χ2v) is 10.5. The van der Waals surface area contributed by atoms with Crippen LogP contribution in [0.4, 0.5) is 10.5 Å². The van der Waals surface area contributed by atoms with Crippen molar-refractivity contribution in [2.75, 3.05) is 78.3 Å². The lowest BCUT2D eigenvalue weighted by Crippen LogP contribution is -2.54. The number of carboxylic acid groups (broad SMARTS) is 1. The molecule has 0 spiro atoms. The third-order valence-corrected chi connectivity index (χ3v) is 7.55. The monoisotopic (exact) mass is 584 g/mol. The van der Waals surface area contributed by atoms with Crippen molar-refractivity contribution in [1.29, 1.82) is 0 Å². The van der Waals surface area contributed by atoms with Gasteiger partial charge in [-0.15, -0.1) is 6.58 Å². The number of carbonyl (C=O) groups is 1. The predicted octanol–water partition coefficient (Wildman–Crippen LogP) is 4.57. The number of amides is 1. The topological polar surface area (TPSA) is 99.2 Å². The van der Waals surface area contributed by atoms with Crippen LogP contribution in [0.1, 0.15) is 29.9 Å². The van der Waals surface area contributed by atoms with Crippen molar-refractivity contribution < 1.29 is 38.3 Å². The zero-order valence-corrected chi connectivity index (χ0v) is 24.7. The van der Waals surface area contributed by atoms with Gasteiger partial charge < -0.3 is 43.3 Å². The number of hydrogen-bond acceptors (Lipinski definition) is 8. The van der Waals surface area contributed by atoms with Gasteiger partial charge in [0.1, 0.15) is 18.1 Å². The summed E-state index contributed by atoms with van der Waals surface area (Å²) in [5.74, 6) is 1.44. The first-order chi connectivity index (χ1) is 20.5. The van der Waals surface area contributed by atoms with Crippen LogP contribution in [0.3, 0.4) is 0 Å². The highest BCUT2D eigenvalue weighted by molar-refractivity contribution is 5.65. The molecular weight excluding hydrogens is 540 g/mol. The molecule has 0 bridgehead atoms. The Morgan fingerprint density at radius 2 is 1.76 bits per heavy atom. The van der Waals surface area contributed by atoms with Gasteiger partial charge in [0.2, 0.25) is 0 Å². The molecule has 1 N–H and O–H groups in total. The van der Waals surface area contributed by atoms with Crippen molar-refractivity contribution >= 4 is 11.8 Å². The smallest absolute Gasteiger partial charge is 0.407 e. The summed E-state index contributed by atoms with van der Waals surface area (Å²) < 4.78 is 34.7. The number of methoxy groups -OCH3 is 2. The molecule has 0 aromatic heterocycles. The molecule has 2 heterocycles. The number of anilines is 1. The number of piperidine rings is 1. The molecule has 0 radical (unpaired) electrons. The number of nitrogens with zero attached hydrogens (tertiary/aromatic N) is 2. The Morgan fingerprint density at radius 1 is 1.02 bits per heavy atom. The first-order valence-electron chi connectivity index (χ1n) is 14.6. The van der Waals surface area contributed by atoms with E-state index in [1.54, 1.807) is 20.3 Å². The molecule has 2 aliphatic rings. The number of ether oxygens (including phenoxy) is 6. The summed E-state index contributed by atoms with van der Waals surface area (Å²) >= 11 is 0. The van der Waals surface area contributed by atoms with Crippen molar-refractivity contribution in [3.05, 3.63) is 66.2 Å². The van der Waals surface area contributed by atoms with E-state index in [-0.39, 0.29) is 19.0 Å². The molecule has 230 valence electrons. The lowest BCUT2D eigenvalue weighted by atomic mass is 9.84. The molecule has 42 heavy (non-hydrogen) atoms. The quantitative estimate of drug-likeness (QED) is 0.225. The average molecular weight is 585 g/mol. The molecule has 10 nitrogen and oxygen atoms in total. The van der Waals surface area contributed by atoms with Crippen LogP contribution in [0, 0.1) is 0 Å². The summed E-state index contributed by atoms with van der Waals surface area (Å²) in [6.45, 7) is 9.14. The lowest BCUT2D eigenvalue weighted by Gasteiger charge is -2.42. The van der Waals surface area contributed by atoms with Crippen molar-refractivity contribution in [2.24, 2.45) is 0 Å². The van der Waals surface area contributed by atoms with Gasteiger partial charge in [0.15, 0.2) is 0 Å². The van der Waals surface area contributed by atoms with Gasteiger partial charge in [-0.05, 0) is 41.8 Å². The van der Waals surface area contributed by atoms with E-state index in [9.17, 15) is 9.90 Å². The minimum absolute atomic E-state index is 0.186. The molecule has 2 aromatic rings. The fourth-order valence-corrected chi connectivity index (χ4v) is 5.49. The molecule has 2 aliphatic heterocycles. The SMILES string of the molecule is C=CCO[C@@H]1CN(C(=O)O)C[C@H](OCc2ccc3c(c2)N(CCCOC)CCO3)[C@H]1c1ccc(OCCCOC)cc1. The van der Waals surface area contributed by atoms with E-state index in [1.807, 2.05) is 36.4 Å². The predicted molar refractivity (Wildman–Crippen MR) is 160 cm³/mol. The van der Waals surface area contributed by atoms with Gasteiger partial charge in [-0.25, -0.2) is 4.79 Å². The van der Waals surface area contributed by atoms with Gasteiger partial charge in [-0.3, -0.25) is 0 Å². The Balaban J connectivity index is 1.52. The fourth-order valence-electron chi connectivity index (χ4n) is 5.49. The lowest BCUT2D eigenvalue weighted by molar-refractivity contribution is -0.0842. The Hall–Kier alpha value is -3.31. The molecule has 2 aromatic carbocycles. The van der Waals surface area contributed by atoms with E-state index in [0.717, 1.165) is 54.2 Å². The van der Waals surface area contributed by atoms with Gasteiger partial charge in [-0.1, -0.05) is 24.3 Å². The van der Waals surface area contributed by atoms with Crippen molar-refractivity contribution in [2.45, 2.75) is 37.6 Å². The Labute approximate surface area is 248 Å². The molecule has 0 aliphatic carbocycles. The van der Waals surface area contributed by atoms with E-state index >= 15 is 0 Å². The molecule has 1 amide bonds. The summed E-state index contributed by atoms with van der Waals surface area (Å²) in [5, 5.41) is 9.89. The minimum atomic E-state index is -0.994. The summed E-state index contributed by atoms with van der Waals surface area (Å²) in [7, 11) is 3.39. The Morgan fingerprint density at radius 3 is 2.48 bits per heavy atom. The first-order valence-corrected chi connectivity index (χ1v) is 14.6. The number of fused-ring (bicyclic) bond motifs is 1. The maximum atomic E-state index is 12.1. The van der Waals surface area contributed by atoms with Crippen molar-refractivity contribution in [1.82, 2.24) is 4.90 Å². The molecule has 4 rings (SSSR count). The van der Waals surface area contributed by atoms with E-state index in [0.29, 0.717) is 39.6 Å². The van der Waals surface area contributed by atoms with Gasteiger partial charge >= 0.3 is 6.09 Å². The van der Waals surface area contributed by atoms with Crippen molar-refractivity contribution in [3.63, 3.8) is 0 Å². The maximum Gasteiger partial charge on any atom is 0.407 e. The Bertz CT molecular complexity index is 1130. The second kappa shape index (κ2) is 16.4. The largest absolute Gasteiger partial charge is 0.494 e. The highest BCUT2D eigenvalue weighted by Crippen LogP contribution is 2.36. The first kappa shape index (κ1) is 31.6. The van der Waals surface area contributed by atoms with Crippen LogP contribution < -0.4 is 14.4 Å². The zero-order valence-electron chi connectivity index (χ0n) is 24.7. The van der Waals surface area contributed by atoms with Crippen molar-refractivity contribution in [3.8, 4) is 11.5 Å². The van der Waals surface area contributed by atoms with Crippen LogP contribution >= 0.6 is 0 Å². The van der Waals surface area contributed by atoms with Gasteiger partial charge in [-0.2, -0.15) is 0 Å². The zero-order chi connectivity index (χ0) is 29.7. The van der Waals surface area contributed by atoms with Gasteiger partial charge in [0.05, 0.1) is 57.4 Å². The normalized spacial score (nSPS) is 20.1. The van der Waals surface area contributed by atoms with Gasteiger partial charge in [0, 0.05) is 46.3 Å². The van der Waals surface area contributed by atoms with Crippen LogP contribution in [0.2, 0.25) is 0 Å². The number of hydrogen-bond donors (Lipinski definition) is 1. The molecule has 1 saturated heterocycles. The van der Waals surface area contributed by atoms with E-state index in [2.05, 4.69) is 17.5 Å². The number of likely N-dealkylation sites (tertiary alicyclic amines) is 1. The fraction of sp³-hybridized carbons (Fsp3) is 0.531. The number of rotatable bonds is 16. The van der Waals surface area contributed by atoms with E-state index < -0.39 is 18.3 Å². The molecular formula is C32H44N2O8. The standard InChI is InChI=1S/C32H44N2O8/c1-4-15-40-29-21-34(32(35)36)22-30(31(29)25-8-10-26(11-9-25)39-18-6-17-38-3)42-23-24-7-12-28-27(20-24)33(14-19-41-28)13-5-16-37-2/h4,7-12,20,29-31H,1,5-6,13-19,21-23H2,2-3H3,(H,35,36)/t29-,30+,31+/m1/s1. The summed E-state index contributed by atoms with van der Waals surface area (Å²) in [6, 6.07) is 14.0. The molecule has 10 heteroatoms. The second-order valence-electron chi connectivity index (χ2n) is 10.5. The van der Waals surface area contributed by atoms with E-state index in [1.165, 1.54) is 4.90 Å². The third kappa shape index (κ3) is 8.61. The van der Waals surface area contributed by atoms with E-state index in [4.69, 9.17) is 28.4 Å². The van der Waals surface area contributed by atoms with Crippen LogP contribution in [-0.2, 0) is 25.6 Å². The Kier molecular flexibility index (Phi) is 12.3. The molecule has 0 saturated carbocycles. The average Bonchev–Trinajstić information content (AvgIpc) is 3.01. The van der Waals surface area contributed by atoms with Crippen LogP contribution in [0.15, 0.2) is 55.1 Å².